The van der Waals surface area contributed by atoms with Gasteiger partial charge in [0.25, 0.3) is 0 Å². The molecule has 47 heavy (non-hydrogen) atoms. The lowest BCUT2D eigenvalue weighted by Gasteiger charge is -2.44. The first-order chi connectivity index (χ1) is 22.7. The first-order valence-corrected chi connectivity index (χ1v) is 18.8. The molecule has 0 spiro atoms. The highest BCUT2D eigenvalue weighted by Gasteiger charge is 2.45. The van der Waals surface area contributed by atoms with E-state index < -0.39 is 10.0 Å². The molecule has 0 N–H and O–H groups in total. The van der Waals surface area contributed by atoms with E-state index in [2.05, 4.69) is 187 Å². The highest BCUT2D eigenvalue weighted by atomic mass is 32.3. The van der Waals surface area contributed by atoms with E-state index in [0.29, 0.717) is 11.8 Å². The average molecular weight is 629 g/mol. The van der Waals surface area contributed by atoms with E-state index in [4.69, 9.17) is 0 Å². The lowest BCUT2D eigenvalue weighted by Crippen LogP contribution is -2.28. The summed E-state index contributed by atoms with van der Waals surface area (Å²) in [6.45, 7) is 14.5. The first-order valence-electron chi connectivity index (χ1n) is 17.2. The van der Waals surface area contributed by atoms with Gasteiger partial charge in [-0.25, -0.2) is 0 Å². The first kappa shape index (κ1) is 30.0. The number of benzene rings is 6. The largest absolute Gasteiger partial charge is 0.133 e. The zero-order valence-electron chi connectivity index (χ0n) is 28.4. The molecule has 0 amide bonds. The van der Waals surface area contributed by atoms with Gasteiger partial charge in [-0.2, -0.15) is 0 Å². The van der Waals surface area contributed by atoms with Crippen molar-refractivity contribution < 1.29 is 0 Å². The lowest BCUT2D eigenvalue weighted by molar-refractivity contribution is 0.413. The molecule has 0 fully saturated rings. The van der Waals surface area contributed by atoms with Gasteiger partial charge in [0.05, 0.1) is 0 Å². The van der Waals surface area contributed by atoms with Gasteiger partial charge in [0.2, 0.25) is 0 Å². The van der Waals surface area contributed by atoms with E-state index in [9.17, 15) is 0 Å². The molecule has 0 nitrogen and oxygen atoms in total. The Bertz CT molecular complexity index is 1970. The summed E-state index contributed by atoms with van der Waals surface area (Å²) < 4.78 is 0. The summed E-state index contributed by atoms with van der Waals surface area (Å²) in [7, 11) is -1.88. The van der Waals surface area contributed by atoms with Gasteiger partial charge in [-0.05, 0) is 105 Å². The maximum absolute atomic E-state index is 2.61. The highest BCUT2D eigenvalue weighted by molar-refractivity contribution is 8.34. The molecule has 2 atom stereocenters. The van der Waals surface area contributed by atoms with Crippen LogP contribution >= 0.6 is 10.0 Å². The Kier molecular flexibility index (Phi) is 6.94. The van der Waals surface area contributed by atoms with E-state index in [1.54, 1.807) is 0 Å². The summed E-state index contributed by atoms with van der Waals surface area (Å²) in [6, 6.07) is 55.9. The number of hydrogen-bond acceptors (Lipinski definition) is 0. The molecule has 0 saturated carbocycles. The van der Waals surface area contributed by atoms with Crippen molar-refractivity contribution in [2.75, 3.05) is 0 Å². The normalized spacial score (nSPS) is 19.7. The SMILES string of the molecule is CC(C)C1(C)c2ccccc2-c2ccc(S(c3ccccc3)(c3ccccc3)c3ccc4c(c3)C(C)(C(C)C)c3ccccc3-4)cc21. The molecule has 0 saturated heterocycles. The molecule has 0 bridgehead atoms. The van der Waals surface area contributed by atoms with Crippen molar-refractivity contribution >= 4 is 10.0 Å². The molecule has 0 radical (unpaired) electrons. The van der Waals surface area contributed by atoms with Gasteiger partial charge >= 0.3 is 0 Å². The fraction of sp³-hybridized carbons (Fsp3) is 0.217. The van der Waals surface area contributed by atoms with Crippen molar-refractivity contribution in [1.82, 2.24) is 0 Å². The summed E-state index contributed by atoms with van der Waals surface area (Å²) in [5.41, 5.74) is 11.2. The second-order valence-electron chi connectivity index (χ2n) is 14.5. The van der Waals surface area contributed by atoms with E-state index >= 15 is 0 Å². The summed E-state index contributed by atoms with van der Waals surface area (Å²) in [4.78, 5) is 5.54. The smallest absolute Gasteiger partial charge is 0.0210 e. The number of fused-ring (bicyclic) bond motifs is 6. The van der Waals surface area contributed by atoms with Crippen LogP contribution in [-0.2, 0) is 10.8 Å². The molecule has 6 aromatic carbocycles. The summed E-state index contributed by atoms with van der Waals surface area (Å²) in [5.74, 6) is 0.895. The molecule has 8 rings (SSSR count). The van der Waals surface area contributed by atoms with Gasteiger partial charge in [-0.3, -0.25) is 0 Å². The third kappa shape index (κ3) is 4.02. The highest BCUT2D eigenvalue weighted by Crippen LogP contribution is 2.75. The van der Waals surface area contributed by atoms with Crippen LogP contribution in [0.1, 0.15) is 63.8 Å². The number of rotatable bonds is 6. The van der Waals surface area contributed by atoms with Crippen LogP contribution in [0.25, 0.3) is 22.3 Å². The van der Waals surface area contributed by atoms with Crippen LogP contribution in [0.5, 0.6) is 0 Å². The minimum atomic E-state index is -1.88. The molecule has 0 heterocycles. The van der Waals surface area contributed by atoms with Crippen molar-refractivity contribution in [3.05, 3.63) is 168 Å². The Hall–Kier alpha value is -4.33. The zero-order chi connectivity index (χ0) is 32.6. The molecule has 2 unspecified atom stereocenters. The third-order valence-corrected chi connectivity index (χ3v) is 15.7. The Morgan fingerprint density at radius 2 is 0.702 bits per heavy atom. The Labute approximate surface area is 282 Å². The van der Waals surface area contributed by atoms with Gasteiger partial charge in [0.1, 0.15) is 0 Å². The van der Waals surface area contributed by atoms with Crippen LogP contribution in [0.3, 0.4) is 0 Å². The van der Waals surface area contributed by atoms with Crippen LogP contribution in [0, 0.1) is 11.8 Å². The summed E-state index contributed by atoms with van der Waals surface area (Å²) in [6.07, 6.45) is 0. The Morgan fingerprint density at radius 1 is 0.362 bits per heavy atom. The van der Waals surface area contributed by atoms with Crippen LogP contribution in [-0.4, -0.2) is 0 Å². The minimum absolute atomic E-state index is 0.0731. The summed E-state index contributed by atoms with van der Waals surface area (Å²) in [5, 5.41) is 0. The van der Waals surface area contributed by atoms with Gasteiger partial charge in [0, 0.05) is 30.4 Å². The average Bonchev–Trinajstić information content (AvgIpc) is 3.53. The second kappa shape index (κ2) is 10.9. The molecular weight excluding hydrogens is 585 g/mol. The molecule has 0 aromatic heterocycles. The lowest BCUT2D eigenvalue weighted by atomic mass is 9.71. The molecule has 2 aliphatic carbocycles. The van der Waals surface area contributed by atoms with E-state index in [0.717, 1.165) is 0 Å². The molecule has 6 aromatic rings. The summed E-state index contributed by atoms with van der Waals surface area (Å²) >= 11 is 0. The van der Waals surface area contributed by atoms with Gasteiger partial charge in [-0.1, -0.05) is 139 Å². The van der Waals surface area contributed by atoms with E-state index in [-0.39, 0.29) is 10.8 Å². The van der Waals surface area contributed by atoms with E-state index in [1.807, 2.05) is 0 Å². The fourth-order valence-electron chi connectivity index (χ4n) is 8.70. The van der Waals surface area contributed by atoms with Gasteiger partial charge in [-0.15, -0.1) is 10.0 Å². The van der Waals surface area contributed by atoms with Crippen LogP contribution in [0.2, 0.25) is 0 Å². The maximum Gasteiger partial charge on any atom is 0.0210 e. The van der Waals surface area contributed by atoms with Crippen molar-refractivity contribution in [3.63, 3.8) is 0 Å². The zero-order valence-corrected chi connectivity index (χ0v) is 29.2. The predicted molar refractivity (Wildman–Crippen MR) is 200 cm³/mol. The van der Waals surface area contributed by atoms with Crippen LogP contribution in [0.15, 0.2) is 165 Å². The van der Waals surface area contributed by atoms with E-state index in [1.165, 1.54) is 64.1 Å². The Morgan fingerprint density at radius 3 is 1.09 bits per heavy atom. The topological polar surface area (TPSA) is 0 Å². The quantitative estimate of drug-likeness (QED) is 0.172. The minimum Gasteiger partial charge on any atom is -0.133 e. The van der Waals surface area contributed by atoms with Crippen molar-refractivity contribution in [2.45, 2.75) is 72.0 Å². The monoisotopic (exact) mass is 628 g/mol. The molecular formula is C46H44S. The predicted octanol–water partition coefficient (Wildman–Crippen LogP) is 12.9. The van der Waals surface area contributed by atoms with Crippen molar-refractivity contribution in [1.29, 1.82) is 0 Å². The second-order valence-corrected chi connectivity index (χ2v) is 17.6. The maximum atomic E-state index is 2.61. The molecule has 2 aliphatic rings. The van der Waals surface area contributed by atoms with Gasteiger partial charge < -0.3 is 0 Å². The molecule has 234 valence electrons. The standard InChI is InChI=1S/C46H44S/c1-31(2)45(5)41-23-15-13-21-37(41)39-27-25-35(29-43(39)45)47(33-17-9-7-10-18-33,34-19-11-8-12-20-34)36-26-28-40-38-22-14-16-24-42(38)46(6,32(3)4)44(40)30-36/h7-32H,1-6H3. The fourth-order valence-corrected chi connectivity index (χ4v) is 12.6. The molecule has 0 aliphatic heterocycles. The van der Waals surface area contributed by atoms with Crippen molar-refractivity contribution in [3.8, 4) is 22.3 Å². The molecule has 1 heteroatoms. The van der Waals surface area contributed by atoms with Crippen LogP contribution in [0.4, 0.5) is 0 Å². The van der Waals surface area contributed by atoms with Crippen LogP contribution < -0.4 is 0 Å². The van der Waals surface area contributed by atoms with Crippen molar-refractivity contribution in [2.24, 2.45) is 11.8 Å². The third-order valence-electron chi connectivity index (χ3n) is 11.9. The van der Waals surface area contributed by atoms with Gasteiger partial charge in [0.15, 0.2) is 0 Å². The number of hydrogen-bond donors (Lipinski definition) is 0. The Balaban J connectivity index is 1.47.